The number of aromatic amines is 1. The zero-order valence-electron chi connectivity index (χ0n) is 63.8. The van der Waals surface area contributed by atoms with Crippen molar-refractivity contribution in [1.82, 2.24) is 74.1 Å². The fraction of sp³-hybridized carbons (Fsp3) is 0.461. The average Bonchev–Trinajstić information content (AvgIpc) is 1.73. The highest BCUT2D eigenvalue weighted by Crippen LogP contribution is 2.21. The SMILES string of the molecule is C[C@H](N)C(=O)NCC(=O)N[C@@H](CS)C(=O)NC(CCCCN)C(=O)N[C@@H](CC(N)=O)C(=O)NC(Cc1ccccc1)C(=O)N[C@@H](Cc1ccccc1)C(=O)NC(Cc1c[nH]c2ccccc12)C(=O)N[C@@H](CCCCN)C(=O)N[C@H](C(=O)N[C@@H](Cc1ccccc1)C(=O)N[C@H](C(=O)N[C@@H](CO)C(=O)NC(CS)C(=O)O)[C@@H](C)O)[C@@H](C)O. The van der Waals surface area contributed by atoms with Crippen molar-refractivity contribution in [2.75, 3.05) is 37.7 Å². The highest BCUT2D eigenvalue weighted by Gasteiger charge is 2.39. The zero-order chi connectivity index (χ0) is 84.8. The fourth-order valence-corrected chi connectivity index (χ4v) is 12.2. The summed E-state index contributed by atoms with van der Waals surface area (Å²) < 4.78 is 0. The van der Waals surface area contributed by atoms with Crippen molar-refractivity contribution in [2.24, 2.45) is 22.9 Å². The minimum Gasteiger partial charge on any atom is -0.480 e. The molecule has 5 rings (SSSR count). The van der Waals surface area contributed by atoms with Crippen LogP contribution in [0.25, 0.3) is 10.9 Å². The summed E-state index contributed by atoms with van der Waals surface area (Å²) in [5, 5.41) is 74.3. The van der Waals surface area contributed by atoms with E-state index in [0.717, 1.165) is 13.8 Å². The smallest absolute Gasteiger partial charge is 0.327 e. The van der Waals surface area contributed by atoms with Gasteiger partial charge in [0.15, 0.2) is 0 Å². The molecule has 1 heterocycles. The Bertz CT molecular complexity index is 4090. The van der Waals surface area contributed by atoms with Gasteiger partial charge in [0.25, 0.3) is 0 Å². The lowest BCUT2D eigenvalue weighted by Crippen LogP contribution is -2.63. The molecule has 39 heteroatoms. The predicted molar refractivity (Wildman–Crippen MR) is 428 cm³/mol. The second kappa shape index (κ2) is 48.9. The van der Waals surface area contributed by atoms with Gasteiger partial charge in [-0.3, -0.25) is 67.1 Å². The van der Waals surface area contributed by atoms with Gasteiger partial charge >= 0.3 is 5.97 Å². The summed E-state index contributed by atoms with van der Waals surface area (Å²) in [5.41, 5.74) is 25.4. The summed E-state index contributed by atoms with van der Waals surface area (Å²) in [5.74, 6) is -16.3. The molecule has 0 radical (unpaired) electrons. The molecule has 0 aliphatic rings. The molecule has 626 valence electrons. The van der Waals surface area contributed by atoms with Crippen LogP contribution in [0.15, 0.2) is 121 Å². The Morgan fingerprint density at radius 3 is 1.17 bits per heavy atom. The van der Waals surface area contributed by atoms with Crippen LogP contribution >= 0.6 is 25.3 Å². The van der Waals surface area contributed by atoms with Gasteiger partial charge in [-0.2, -0.15) is 25.3 Å². The number of hydrogen-bond acceptors (Lipinski definition) is 23. The largest absolute Gasteiger partial charge is 0.480 e. The topological polar surface area (TPSA) is 613 Å². The van der Waals surface area contributed by atoms with Crippen molar-refractivity contribution in [3.63, 3.8) is 0 Å². The van der Waals surface area contributed by atoms with Crippen molar-refractivity contribution in [1.29, 1.82) is 0 Å². The number of H-pyrrole nitrogens is 1. The van der Waals surface area contributed by atoms with Crippen LogP contribution in [0.3, 0.4) is 0 Å². The molecular weight excluding hydrogens is 1530 g/mol. The number of aliphatic carboxylic acids is 1. The van der Waals surface area contributed by atoms with Gasteiger partial charge in [-0.25, -0.2) is 4.79 Å². The van der Waals surface area contributed by atoms with Crippen LogP contribution in [-0.2, 0) is 97.6 Å². The number of para-hydroxylation sites is 1. The quantitative estimate of drug-likeness (QED) is 0.0128. The van der Waals surface area contributed by atoms with E-state index in [1.165, 1.54) is 6.92 Å². The maximum Gasteiger partial charge on any atom is 0.327 e. The number of carboxylic acids is 1. The number of thiol groups is 2. The van der Waals surface area contributed by atoms with E-state index in [-0.39, 0.29) is 76.0 Å². The normalized spacial score (nSPS) is 15.1. The van der Waals surface area contributed by atoms with Crippen LogP contribution in [0, 0.1) is 0 Å². The van der Waals surface area contributed by atoms with Gasteiger partial charge in [-0.1, -0.05) is 109 Å². The van der Waals surface area contributed by atoms with E-state index < -0.39 is 199 Å². The number of aliphatic hydroxyl groups excluding tert-OH is 3. The summed E-state index contributed by atoms with van der Waals surface area (Å²) in [6, 6.07) is 10.9. The van der Waals surface area contributed by atoms with Crippen LogP contribution in [0.5, 0.6) is 0 Å². The van der Waals surface area contributed by atoms with Gasteiger partial charge in [-0.05, 0) is 101 Å². The first-order valence-corrected chi connectivity index (χ1v) is 38.5. The van der Waals surface area contributed by atoms with Gasteiger partial charge in [-0.15, -0.1) is 0 Å². The number of unbranched alkanes of at least 4 members (excludes halogenated alkanes) is 2. The predicted octanol–water partition coefficient (Wildman–Crippen LogP) is -5.45. The van der Waals surface area contributed by atoms with Crippen LogP contribution in [0.4, 0.5) is 0 Å². The number of nitrogens with two attached hydrogens (primary N) is 4. The van der Waals surface area contributed by atoms with E-state index in [4.69, 9.17) is 22.9 Å². The number of carboxylic acid groups (broad SMARTS) is 1. The Labute approximate surface area is 674 Å². The first-order chi connectivity index (χ1) is 54.8. The molecule has 14 amide bonds. The summed E-state index contributed by atoms with van der Waals surface area (Å²) in [7, 11) is 0. The minimum absolute atomic E-state index is 0.0772. The summed E-state index contributed by atoms with van der Waals surface area (Å²) in [6.07, 6.45) is -2.99. The zero-order valence-corrected chi connectivity index (χ0v) is 65.6. The third-order valence-electron chi connectivity index (χ3n) is 18.1. The van der Waals surface area contributed by atoms with Crippen LogP contribution < -0.4 is 92.1 Å². The molecule has 4 aromatic carbocycles. The van der Waals surface area contributed by atoms with Gasteiger partial charge in [0.05, 0.1) is 37.8 Å². The maximum absolute atomic E-state index is 15.4. The lowest BCUT2D eigenvalue weighted by Gasteiger charge is -2.29. The lowest BCUT2D eigenvalue weighted by molar-refractivity contribution is -0.142. The Morgan fingerprint density at radius 1 is 0.409 bits per heavy atom. The molecule has 15 atom stereocenters. The molecule has 0 aliphatic carbocycles. The highest BCUT2D eigenvalue weighted by molar-refractivity contribution is 7.80. The third-order valence-corrected chi connectivity index (χ3v) is 18.8. The molecule has 1 aromatic heterocycles. The summed E-state index contributed by atoms with van der Waals surface area (Å²) in [4.78, 5) is 211. The lowest BCUT2D eigenvalue weighted by atomic mass is 10.00. The molecule has 0 saturated carbocycles. The third kappa shape index (κ3) is 31.7. The van der Waals surface area contributed by atoms with Gasteiger partial charge in [0.1, 0.15) is 72.5 Å². The number of aromatic nitrogens is 1. The Balaban J connectivity index is 1.47. The average molecular weight is 1640 g/mol. The monoisotopic (exact) mass is 1640 g/mol. The number of carbonyl (C=O) groups is 15. The number of carbonyl (C=O) groups excluding carboxylic acids is 14. The fourth-order valence-electron chi connectivity index (χ4n) is 11.7. The molecule has 5 aromatic rings. The van der Waals surface area contributed by atoms with Crippen molar-refractivity contribution >= 4 is 125 Å². The molecule has 4 unspecified atom stereocenters. The first kappa shape index (κ1) is 94.5. The summed E-state index contributed by atoms with van der Waals surface area (Å²) >= 11 is 8.09. The molecule has 26 N–H and O–H groups in total. The van der Waals surface area contributed by atoms with E-state index in [9.17, 15) is 78.0 Å². The van der Waals surface area contributed by atoms with E-state index >= 15 is 14.4 Å². The van der Waals surface area contributed by atoms with E-state index in [1.807, 2.05) is 0 Å². The molecule has 37 nitrogen and oxygen atoms in total. The second-order valence-electron chi connectivity index (χ2n) is 27.4. The summed E-state index contributed by atoms with van der Waals surface area (Å²) in [6.45, 7) is 2.34. The van der Waals surface area contributed by atoms with E-state index in [0.29, 0.717) is 46.0 Å². The van der Waals surface area contributed by atoms with Crippen molar-refractivity contribution < 1.29 is 92.3 Å². The molecule has 0 bridgehead atoms. The minimum atomic E-state index is -1.91. The molecule has 0 aliphatic heterocycles. The number of nitrogens with one attached hydrogen (secondary N) is 14. The Kier molecular flexibility index (Phi) is 40.2. The van der Waals surface area contributed by atoms with Crippen LogP contribution in [-0.4, -0.2) is 243 Å². The Hall–Kier alpha value is -11.1. The van der Waals surface area contributed by atoms with Crippen molar-refractivity contribution in [2.45, 2.75) is 182 Å². The van der Waals surface area contributed by atoms with Gasteiger partial charge in [0.2, 0.25) is 82.7 Å². The standard InChI is InChI=1S/C76H106N18O19S2/c1-41(79)64(100)82-37-61(99)83-58(39-114)73(109)85-50(27-15-17-29-77)65(101)89-56(35-60(80)98)70(106)87-52(31-44-19-7-4-8-20-44)67(103)86-53(32-45-21-9-5-10-22-45)68(104)88-55(34-47-36-81-49-26-14-13-25-48(47)49)69(105)84-51(28-16-18-30-78)66(102)93-62(42(2)96)74(110)90-54(33-46-23-11-6-12-24-46)71(107)94-63(43(3)97)75(111)91-57(38-95)72(108)92-59(40-115)76(112)113/h4-14,19-26,36,41-43,50-59,62-63,81,95-97,114-115H,15-18,27-35,37-40,77-79H2,1-3H3,(H2,80,98)(H,82,100)(H,83,99)(H,84,105)(H,85,109)(H,86,103)(H,87,106)(H,88,104)(H,89,101)(H,90,110)(H,91,111)(H,92,108)(H,93,102)(H,94,107)(H,112,113)/t41-,42+,43+,50?,51-,52?,53-,54-,55?,56-,57-,58-,59?,62-,63-/m0/s1. The number of rotatable bonds is 50. The number of benzene rings is 4. The second-order valence-corrected chi connectivity index (χ2v) is 28.1. The van der Waals surface area contributed by atoms with Gasteiger partial charge in [0, 0.05) is 54.3 Å². The van der Waals surface area contributed by atoms with Gasteiger partial charge < -0.3 is 117 Å². The number of fused-ring (bicyclic) bond motifs is 1. The number of primary amides is 1. The molecule has 0 saturated heterocycles. The van der Waals surface area contributed by atoms with Crippen molar-refractivity contribution in [3.05, 3.63) is 144 Å². The van der Waals surface area contributed by atoms with Crippen LogP contribution in [0.2, 0.25) is 0 Å². The molecule has 0 fully saturated rings. The molecule has 115 heavy (non-hydrogen) atoms. The number of amides is 14. The Morgan fingerprint density at radius 2 is 0.757 bits per heavy atom. The first-order valence-electron chi connectivity index (χ1n) is 37.2. The number of hydrogen-bond donors (Lipinski definition) is 24. The van der Waals surface area contributed by atoms with E-state index in [1.54, 1.807) is 121 Å². The molecule has 0 spiro atoms. The van der Waals surface area contributed by atoms with E-state index in [2.05, 4.69) is 99.4 Å². The maximum atomic E-state index is 15.4. The van der Waals surface area contributed by atoms with Crippen LogP contribution in [0.1, 0.15) is 88.0 Å². The molecular formula is C76H106N18O19S2. The van der Waals surface area contributed by atoms with Crippen molar-refractivity contribution in [3.8, 4) is 0 Å². The highest BCUT2D eigenvalue weighted by atomic mass is 32.1. The number of aliphatic hydroxyl groups is 3.